The Hall–Kier alpha value is -2.57. The van der Waals surface area contributed by atoms with E-state index < -0.39 is 0 Å². The van der Waals surface area contributed by atoms with E-state index in [0.29, 0.717) is 24.9 Å². The molecule has 1 aliphatic rings. The zero-order chi connectivity index (χ0) is 20.1. The summed E-state index contributed by atoms with van der Waals surface area (Å²) in [5, 5.41) is 4.86. The molecule has 6 nitrogen and oxygen atoms in total. The summed E-state index contributed by atoms with van der Waals surface area (Å²) in [6.07, 6.45) is 0.637. The molecule has 1 saturated heterocycles. The number of rotatable bonds is 7. The van der Waals surface area contributed by atoms with Crippen molar-refractivity contribution in [1.82, 2.24) is 15.0 Å². The number of piperazine rings is 1. The summed E-state index contributed by atoms with van der Waals surface area (Å²) in [5.74, 6) is 1.62. The van der Waals surface area contributed by atoms with E-state index in [4.69, 9.17) is 20.9 Å². The van der Waals surface area contributed by atoms with Crippen molar-refractivity contribution in [3.05, 3.63) is 70.5 Å². The van der Waals surface area contributed by atoms with Crippen LogP contribution in [0, 0.1) is 0 Å². The van der Waals surface area contributed by atoms with Crippen LogP contribution in [0.1, 0.15) is 23.9 Å². The molecule has 0 unspecified atom stereocenters. The summed E-state index contributed by atoms with van der Waals surface area (Å²) >= 11 is 5.94. The highest BCUT2D eigenvalue weighted by atomic mass is 35.5. The fraction of sp³-hybridized carbons (Fsp3) is 0.364. The van der Waals surface area contributed by atoms with Crippen LogP contribution in [0.15, 0.2) is 53.1 Å². The Morgan fingerprint density at radius 3 is 2.34 bits per heavy atom. The monoisotopic (exact) mass is 412 g/mol. The van der Waals surface area contributed by atoms with Crippen LogP contribution in [0.5, 0.6) is 5.75 Å². The summed E-state index contributed by atoms with van der Waals surface area (Å²) in [7, 11) is 0. The van der Waals surface area contributed by atoms with Crippen molar-refractivity contribution in [2.75, 3.05) is 37.7 Å². The number of halogens is 1. The molecule has 0 radical (unpaired) electrons. The summed E-state index contributed by atoms with van der Waals surface area (Å²) < 4.78 is 11.0. The molecule has 0 aliphatic carbocycles. The highest BCUT2D eigenvalue weighted by Crippen LogP contribution is 2.19. The maximum Gasteiger partial charge on any atom is 0.324 e. The molecule has 1 fully saturated rings. The minimum atomic E-state index is 0.606. The maximum absolute atomic E-state index is 5.94. The van der Waals surface area contributed by atoms with Crippen molar-refractivity contribution >= 4 is 17.6 Å². The first kappa shape index (κ1) is 19.7. The fourth-order valence-electron chi connectivity index (χ4n) is 3.44. The Bertz CT molecular complexity index is 903. The fourth-order valence-corrected chi connectivity index (χ4v) is 3.57. The normalized spacial score (nSPS) is 14.9. The van der Waals surface area contributed by atoms with Crippen LogP contribution in [-0.4, -0.2) is 47.8 Å². The van der Waals surface area contributed by atoms with Gasteiger partial charge in [0.2, 0.25) is 0 Å². The van der Waals surface area contributed by atoms with Crippen molar-refractivity contribution in [3.63, 3.8) is 0 Å². The van der Waals surface area contributed by atoms with Gasteiger partial charge >= 0.3 is 6.01 Å². The standard InChI is InChI=1S/C22H25ClN4O2/c1-2-28-20-9-5-18(6-10-20)16-26-11-13-27(14-12-26)22-24-21(25-29-22)15-17-3-7-19(23)8-4-17/h3-10H,2,11-16H2,1H3. The first-order chi connectivity index (χ1) is 14.2. The Kier molecular flexibility index (Phi) is 6.32. The van der Waals surface area contributed by atoms with Crippen molar-refractivity contribution in [2.24, 2.45) is 0 Å². The summed E-state index contributed by atoms with van der Waals surface area (Å²) in [4.78, 5) is 9.17. The van der Waals surface area contributed by atoms with Gasteiger partial charge in [0.1, 0.15) is 5.75 Å². The second-order valence-electron chi connectivity index (χ2n) is 7.14. The Balaban J connectivity index is 1.28. The number of hydrogen-bond acceptors (Lipinski definition) is 6. The molecule has 0 saturated carbocycles. The molecule has 2 aromatic carbocycles. The number of benzene rings is 2. The molecule has 0 spiro atoms. The van der Waals surface area contributed by atoms with Gasteiger partial charge in [0.05, 0.1) is 6.61 Å². The molecule has 152 valence electrons. The Morgan fingerprint density at radius 1 is 0.966 bits per heavy atom. The average molecular weight is 413 g/mol. The van der Waals surface area contributed by atoms with Gasteiger partial charge in [0.25, 0.3) is 0 Å². The minimum absolute atomic E-state index is 0.606. The highest BCUT2D eigenvalue weighted by molar-refractivity contribution is 6.30. The Morgan fingerprint density at radius 2 is 1.66 bits per heavy atom. The molecule has 0 bridgehead atoms. The van der Waals surface area contributed by atoms with Gasteiger partial charge in [0.15, 0.2) is 5.82 Å². The molecule has 29 heavy (non-hydrogen) atoms. The second-order valence-corrected chi connectivity index (χ2v) is 7.57. The zero-order valence-electron chi connectivity index (χ0n) is 16.6. The molecular weight excluding hydrogens is 388 g/mol. The third-order valence-corrected chi connectivity index (χ3v) is 5.27. The number of ether oxygens (including phenoxy) is 1. The minimum Gasteiger partial charge on any atom is -0.494 e. The van der Waals surface area contributed by atoms with Crippen LogP contribution in [0.2, 0.25) is 5.02 Å². The van der Waals surface area contributed by atoms with E-state index in [1.165, 1.54) is 5.56 Å². The van der Waals surface area contributed by atoms with E-state index in [1.54, 1.807) is 0 Å². The number of hydrogen-bond donors (Lipinski definition) is 0. The quantitative estimate of drug-likeness (QED) is 0.584. The molecule has 3 aromatic rings. The molecular formula is C22H25ClN4O2. The largest absolute Gasteiger partial charge is 0.494 e. The summed E-state index contributed by atoms with van der Waals surface area (Å²) in [6.45, 7) is 7.30. The number of anilines is 1. The average Bonchev–Trinajstić information content (AvgIpc) is 3.20. The van der Waals surface area contributed by atoms with Crippen molar-refractivity contribution in [3.8, 4) is 5.75 Å². The van der Waals surface area contributed by atoms with Crippen molar-refractivity contribution < 1.29 is 9.26 Å². The van der Waals surface area contributed by atoms with Crippen LogP contribution in [0.4, 0.5) is 6.01 Å². The van der Waals surface area contributed by atoms with Gasteiger partial charge in [0, 0.05) is 44.2 Å². The lowest BCUT2D eigenvalue weighted by Gasteiger charge is -2.33. The molecule has 0 N–H and O–H groups in total. The van der Waals surface area contributed by atoms with Gasteiger partial charge in [-0.25, -0.2) is 0 Å². The highest BCUT2D eigenvalue weighted by Gasteiger charge is 2.21. The third kappa shape index (κ3) is 5.28. The van der Waals surface area contributed by atoms with Gasteiger partial charge in [-0.2, -0.15) is 4.98 Å². The molecule has 1 aromatic heterocycles. The molecule has 0 amide bonds. The lowest BCUT2D eigenvalue weighted by Crippen LogP contribution is -2.46. The lowest BCUT2D eigenvalue weighted by atomic mass is 10.1. The van der Waals surface area contributed by atoms with Crippen LogP contribution in [-0.2, 0) is 13.0 Å². The Labute approximate surface area is 176 Å². The summed E-state index contributed by atoms with van der Waals surface area (Å²) in [5.41, 5.74) is 2.41. The van der Waals surface area contributed by atoms with E-state index in [2.05, 4.69) is 32.1 Å². The van der Waals surface area contributed by atoms with Crippen molar-refractivity contribution in [2.45, 2.75) is 19.9 Å². The SMILES string of the molecule is CCOc1ccc(CN2CCN(c3nc(Cc4ccc(Cl)cc4)no3)CC2)cc1. The molecule has 4 rings (SSSR count). The van der Waals surface area contributed by atoms with Gasteiger partial charge in [-0.05, 0) is 42.3 Å². The predicted octanol–water partition coefficient (Wildman–Crippen LogP) is 4.03. The van der Waals surface area contributed by atoms with E-state index in [1.807, 2.05) is 43.3 Å². The van der Waals surface area contributed by atoms with Crippen LogP contribution < -0.4 is 9.64 Å². The second kappa shape index (κ2) is 9.29. The zero-order valence-corrected chi connectivity index (χ0v) is 17.3. The van der Waals surface area contributed by atoms with E-state index >= 15 is 0 Å². The molecule has 1 aliphatic heterocycles. The topological polar surface area (TPSA) is 54.6 Å². The smallest absolute Gasteiger partial charge is 0.324 e. The van der Waals surface area contributed by atoms with Crippen LogP contribution in [0.25, 0.3) is 0 Å². The number of aromatic nitrogens is 2. The lowest BCUT2D eigenvalue weighted by molar-refractivity contribution is 0.242. The van der Waals surface area contributed by atoms with E-state index in [9.17, 15) is 0 Å². The van der Waals surface area contributed by atoms with Crippen LogP contribution in [0.3, 0.4) is 0 Å². The van der Waals surface area contributed by atoms with Crippen molar-refractivity contribution in [1.29, 1.82) is 0 Å². The van der Waals surface area contributed by atoms with Gasteiger partial charge in [-0.15, -0.1) is 0 Å². The summed E-state index contributed by atoms with van der Waals surface area (Å²) in [6, 6.07) is 16.7. The third-order valence-electron chi connectivity index (χ3n) is 5.02. The predicted molar refractivity (Wildman–Crippen MR) is 114 cm³/mol. The molecule has 7 heteroatoms. The first-order valence-corrected chi connectivity index (χ1v) is 10.3. The van der Waals surface area contributed by atoms with E-state index in [0.717, 1.165) is 49.1 Å². The number of nitrogens with zero attached hydrogens (tertiary/aromatic N) is 4. The molecule has 2 heterocycles. The van der Waals surface area contributed by atoms with Gasteiger partial charge < -0.3 is 14.2 Å². The molecule has 0 atom stereocenters. The van der Waals surface area contributed by atoms with Crippen LogP contribution >= 0.6 is 11.6 Å². The van der Waals surface area contributed by atoms with Gasteiger partial charge in [-0.3, -0.25) is 4.90 Å². The first-order valence-electron chi connectivity index (χ1n) is 9.95. The van der Waals surface area contributed by atoms with Gasteiger partial charge in [-0.1, -0.05) is 41.0 Å². The van der Waals surface area contributed by atoms with E-state index in [-0.39, 0.29) is 0 Å². The maximum atomic E-state index is 5.94.